The molecule has 1 saturated carbocycles. The van der Waals surface area contributed by atoms with Crippen molar-refractivity contribution in [2.24, 2.45) is 11.8 Å². The van der Waals surface area contributed by atoms with Gasteiger partial charge in [-0.1, -0.05) is 0 Å². The van der Waals surface area contributed by atoms with E-state index in [9.17, 15) is 4.79 Å². The Morgan fingerprint density at radius 2 is 2.30 bits per heavy atom. The van der Waals surface area contributed by atoms with Gasteiger partial charge in [0.2, 0.25) is 0 Å². The van der Waals surface area contributed by atoms with E-state index in [0.29, 0.717) is 23.8 Å². The van der Waals surface area contributed by atoms with Crippen LogP contribution >= 0.6 is 0 Å². The van der Waals surface area contributed by atoms with Crippen LogP contribution in [0.3, 0.4) is 0 Å². The highest BCUT2D eigenvalue weighted by Crippen LogP contribution is 2.45. The second-order valence-electron chi connectivity index (χ2n) is 3.90. The summed E-state index contributed by atoms with van der Waals surface area (Å²) in [6, 6.07) is 1.30. The molecule has 2 aliphatic heterocycles. The van der Waals surface area contributed by atoms with Gasteiger partial charge in [-0.25, -0.2) is 0 Å². The molecular weight excluding hydrogens is 126 g/mol. The van der Waals surface area contributed by atoms with Crippen molar-refractivity contribution in [2.75, 3.05) is 0 Å². The average molecular weight is 137 g/mol. The van der Waals surface area contributed by atoms with E-state index in [1.165, 1.54) is 6.42 Å². The summed E-state index contributed by atoms with van der Waals surface area (Å²) in [6.45, 7) is 0. The van der Waals surface area contributed by atoms with E-state index >= 15 is 0 Å². The largest absolute Gasteiger partial charge is 0.310 e. The lowest BCUT2D eigenvalue weighted by Gasteiger charge is -2.13. The average Bonchev–Trinajstić information content (AvgIpc) is 2.44. The molecule has 3 aliphatic rings. The van der Waals surface area contributed by atoms with Gasteiger partial charge in [0.1, 0.15) is 5.78 Å². The number of carbonyl (C=O) groups is 1. The minimum absolute atomic E-state index is 0.420. The molecule has 0 radical (unpaired) electrons. The third-order valence-corrected chi connectivity index (χ3v) is 3.37. The number of hydrogen-bond acceptors (Lipinski definition) is 2. The molecule has 1 N–H and O–H groups in total. The van der Waals surface area contributed by atoms with Gasteiger partial charge in [0.25, 0.3) is 0 Å². The van der Waals surface area contributed by atoms with Crippen LogP contribution in [-0.4, -0.2) is 17.9 Å². The maximum absolute atomic E-state index is 11.3. The van der Waals surface area contributed by atoms with Crippen LogP contribution in [0.4, 0.5) is 0 Å². The first kappa shape index (κ1) is 5.30. The van der Waals surface area contributed by atoms with E-state index in [-0.39, 0.29) is 0 Å². The van der Waals surface area contributed by atoms with E-state index in [1.807, 2.05) is 0 Å². The zero-order chi connectivity index (χ0) is 6.72. The van der Waals surface area contributed by atoms with Crippen molar-refractivity contribution in [2.45, 2.75) is 31.3 Å². The Labute approximate surface area is 60.0 Å². The van der Waals surface area contributed by atoms with Gasteiger partial charge in [-0.05, 0) is 18.8 Å². The number of fused-ring (bicyclic) bond motifs is 1. The monoisotopic (exact) mass is 137 g/mol. The van der Waals surface area contributed by atoms with Crippen molar-refractivity contribution >= 4 is 5.78 Å². The molecule has 4 unspecified atom stereocenters. The fraction of sp³-hybridized carbons (Fsp3) is 0.875. The van der Waals surface area contributed by atoms with E-state index in [4.69, 9.17) is 0 Å². The van der Waals surface area contributed by atoms with Crippen molar-refractivity contribution in [3.05, 3.63) is 0 Å². The topological polar surface area (TPSA) is 29.1 Å². The highest BCUT2D eigenvalue weighted by molar-refractivity contribution is 5.85. The molecule has 54 valence electrons. The van der Waals surface area contributed by atoms with E-state index < -0.39 is 0 Å². The van der Waals surface area contributed by atoms with Crippen molar-refractivity contribution in [3.8, 4) is 0 Å². The molecule has 3 fully saturated rings. The first-order valence-corrected chi connectivity index (χ1v) is 4.13. The number of Topliss-reactive ketones (excluding diaryl/α,β-unsaturated/α-hetero) is 1. The molecule has 1 aliphatic carbocycles. The predicted octanol–water partition coefficient (Wildman–Crippen LogP) is 0.326. The molecule has 3 rings (SSSR count). The quantitative estimate of drug-likeness (QED) is 0.521. The summed E-state index contributed by atoms with van der Waals surface area (Å²) in [5, 5.41) is 3.50. The molecule has 0 aromatic heterocycles. The van der Waals surface area contributed by atoms with E-state index in [2.05, 4.69) is 5.32 Å². The van der Waals surface area contributed by atoms with Crippen LogP contribution in [-0.2, 0) is 4.79 Å². The SMILES string of the molecule is O=C1CC2CC3CC1C2N3. The van der Waals surface area contributed by atoms with Crippen molar-refractivity contribution in [1.29, 1.82) is 0 Å². The van der Waals surface area contributed by atoms with Gasteiger partial charge in [-0.3, -0.25) is 4.79 Å². The molecule has 2 saturated heterocycles. The van der Waals surface area contributed by atoms with Crippen molar-refractivity contribution < 1.29 is 4.79 Å². The summed E-state index contributed by atoms with van der Waals surface area (Å²) in [6.07, 6.45) is 3.28. The molecule has 2 bridgehead atoms. The second-order valence-corrected chi connectivity index (χ2v) is 3.90. The van der Waals surface area contributed by atoms with E-state index in [1.54, 1.807) is 0 Å². The van der Waals surface area contributed by atoms with Gasteiger partial charge in [-0.15, -0.1) is 0 Å². The normalized spacial score (nSPS) is 56.6. The minimum atomic E-state index is 0.420. The zero-order valence-corrected chi connectivity index (χ0v) is 5.84. The van der Waals surface area contributed by atoms with Gasteiger partial charge in [-0.2, -0.15) is 0 Å². The van der Waals surface area contributed by atoms with Crippen LogP contribution < -0.4 is 5.32 Å². The van der Waals surface area contributed by atoms with Gasteiger partial charge < -0.3 is 5.32 Å². The molecule has 2 heteroatoms. The number of rotatable bonds is 0. The van der Waals surface area contributed by atoms with Gasteiger partial charge >= 0.3 is 0 Å². The fourth-order valence-electron chi connectivity index (χ4n) is 3.00. The third-order valence-electron chi connectivity index (χ3n) is 3.37. The number of carbonyl (C=O) groups excluding carboxylic acids is 1. The third kappa shape index (κ3) is 0.439. The standard InChI is InChI=1S/C8H11NO/c10-7-2-4-1-5-3-6(7)8(4)9-5/h4-6,8-9H,1-3H2. The first-order chi connectivity index (χ1) is 4.84. The Kier molecular flexibility index (Phi) is 0.768. The molecule has 10 heavy (non-hydrogen) atoms. The van der Waals surface area contributed by atoms with Crippen LogP contribution in [0.5, 0.6) is 0 Å². The molecule has 2 heterocycles. The Morgan fingerprint density at radius 3 is 2.90 bits per heavy atom. The molecule has 4 atom stereocenters. The highest BCUT2D eigenvalue weighted by atomic mass is 16.1. The second kappa shape index (κ2) is 1.45. The summed E-state index contributed by atoms with van der Waals surface area (Å²) in [7, 11) is 0. The van der Waals surface area contributed by atoms with Crippen LogP contribution in [0.2, 0.25) is 0 Å². The summed E-state index contributed by atoms with van der Waals surface area (Å²) >= 11 is 0. The molecule has 0 amide bonds. The predicted molar refractivity (Wildman–Crippen MR) is 36.5 cm³/mol. The lowest BCUT2D eigenvalue weighted by Crippen LogP contribution is -2.24. The Hall–Kier alpha value is -0.370. The van der Waals surface area contributed by atoms with Crippen LogP contribution in [0.1, 0.15) is 19.3 Å². The Morgan fingerprint density at radius 1 is 1.40 bits per heavy atom. The van der Waals surface area contributed by atoms with Crippen molar-refractivity contribution in [3.63, 3.8) is 0 Å². The lowest BCUT2D eigenvalue weighted by molar-refractivity contribution is -0.120. The zero-order valence-electron chi connectivity index (χ0n) is 5.84. The molecule has 0 aromatic rings. The molecule has 2 nitrogen and oxygen atoms in total. The van der Waals surface area contributed by atoms with Gasteiger partial charge in [0.05, 0.1) is 0 Å². The van der Waals surface area contributed by atoms with Gasteiger partial charge in [0.15, 0.2) is 0 Å². The first-order valence-electron chi connectivity index (χ1n) is 4.13. The molecular formula is C8H11NO. The number of nitrogens with one attached hydrogen (secondary N) is 1. The van der Waals surface area contributed by atoms with Crippen LogP contribution in [0.15, 0.2) is 0 Å². The summed E-state index contributed by atoms with van der Waals surface area (Å²) in [5.41, 5.74) is 0. The van der Waals surface area contributed by atoms with Crippen molar-refractivity contribution in [1.82, 2.24) is 5.32 Å². The van der Waals surface area contributed by atoms with Crippen LogP contribution in [0.25, 0.3) is 0 Å². The minimum Gasteiger partial charge on any atom is -0.310 e. The highest BCUT2D eigenvalue weighted by Gasteiger charge is 2.53. The smallest absolute Gasteiger partial charge is 0.137 e. The Bertz CT molecular complexity index is 199. The number of hydrogen-bond donors (Lipinski definition) is 1. The molecule has 0 spiro atoms. The maximum Gasteiger partial charge on any atom is 0.137 e. The summed E-state index contributed by atoms with van der Waals surface area (Å²) in [4.78, 5) is 11.3. The maximum atomic E-state index is 11.3. The van der Waals surface area contributed by atoms with Crippen LogP contribution in [0, 0.1) is 11.8 Å². The fourth-order valence-corrected chi connectivity index (χ4v) is 3.00. The summed E-state index contributed by atoms with van der Waals surface area (Å²) in [5.74, 6) is 1.67. The molecule has 0 aromatic carbocycles. The lowest BCUT2D eigenvalue weighted by atomic mass is 9.89. The summed E-state index contributed by atoms with van der Waals surface area (Å²) < 4.78 is 0. The number of ketones is 1. The van der Waals surface area contributed by atoms with Gasteiger partial charge in [0, 0.05) is 24.4 Å². The van der Waals surface area contributed by atoms with E-state index in [0.717, 1.165) is 18.8 Å². The Balaban J connectivity index is 2.05.